The summed E-state index contributed by atoms with van der Waals surface area (Å²) in [7, 11) is 0. The first kappa shape index (κ1) is 15.6. The van der Waals surface area contributed by atoms with Crippen LogP contribution in [0.15, 0.2) is 12.4 Å². The monoisotopic (exact) mass is 294 g/mol. The van der Waals surface area contributed by atoms with Crippen LogP contribution >= 0.6 is 11.8 Å². The Morgan fingerprint density at radius 3 is 2.65 bits per heavy atom. The summed E-state index contributed by atoms with van der Waals surface area (Å²) in [6, 6.07) is 0. The summed E-state index contributed by atoms with van der Waals surface area (Å²) in [5.74, 6) is 2.68. The first-order valence-electron chi connectivity index (χ1n) is 7.37. The second-order valence-electron chi connectivity index (χ2n) is 6.45. The lowest BCUT2D eigenvalue weighted by molar-refractivity contribution is 0.551. The number of anilines is 1. The van der Waals surface area contributed by atoms with Gasteiger partial charge in [-0.3, -0.25) is 0 Å². The van der Waals surface area contributed by atoms with Crippen LogP contribution in [0.2, 0.25) is 0 Å². The third-order valence-electron chi connectivity index (χ3n) is 3.28. The average Bonchev–Trinajstić information content (AvgIpc) is 2.38. The molecular weight excluding hydrogens is 268 g/mol. The fourth-order valence-corrected chi connectivity index (χ4v) is 3.41. The third kappa shape index (κ3) is 4.63. The van der Waals surface area contributed by atoms with Gasteiger partial charge in [0.05, 0.1) is 0 Å². The molecule has 1 saturated heterocycles. The standard InChI is InChI=1S/C15H26N4S/c1-12(2)7-16-8-13-9-17-14(18-10-13)19-5-6-20-15(3,4)11-19/h9-10,12,16H,5-8,11H2,1-4H3. The van der Waals surface area contributed by atoms with Crippen molar-refractivity contribution in [3.63, 3.8) is 0 Å². The Bertz CT molecular complexity index is 416. The van der Waals surface area contributed by atoms with Crippen LogP contribution in [0.4, 0.5) is 5.95 Å². The van der Waals surface area contributed by atoms with E-state index >= 15 is 0 Å². The van der Waals surface area contributed by atoms with E-state index < -0.39 is 0 Å². The molecule has 112 valence electrons. The van der Waals surface area contributed by atoms with Crippen LogP contribution in [-0.4, -0.2) is 40.1 Å². The van der Waals surface area contributed by atoms with Crippen LogP contribution < -0.4 is 10.2 Å². The zero-order valence-corrected chi connectivity index (χ0v) is 13.8. The average molecular weight is 294 g/mol. The van der Waals surface area contributed by atoms with E-state index in [1.165, 1.54) is 0 Å². The van der Waals surface area contributed by atoms with Gasteiger partial charge >= 0.3 is 0 Å². The maximum absolute atomic E-state index is 4.53. The molecule has 2 heterocycles. The van der Waals surface area contributed by atoms with Crippen molar-refractivity contribution < 1.29 is 0 Å². The number of rotatable bonds is 5. The molecule has 0 spiro atoms. The van der Waals surface area contributed by atoms with Gasteiger partial charge in [0.15, 0.2) is 0 Å². The van der Waals surface area contributed by atoms with E-state index in [1.807, 2.05) is 24.2 Å². The molecule has 0 saturated carbocycles. The molecule has 1 aliphatic heterocycles. The quantitative estimate of drug-likeness (QED) is 0.904. The summed E-state index contributed by atoms with van der Waals surface area (Å²) < 4.78 is 0.291. The highest BCUT2D eigenvalue weighted by Crippen LogP contribution is 2.30. The summed E-state index contributed by atoms with van der Waals surface area (Å²) in [5, 5.41) is 3.42. The molecule has 0 unspecified atom stereocenters. The number of nitrogens with zero attached hydrogens (tertiary/aromatic N) is 3. The molecule has 0 amide bonds. The Labute approximate surface area is 126 Å². The minimum Gasteiger partial charge on any atom is -0.339 e. The van der Waals surface area contributed by atoms with Gasteiger partial charge in [0.1, 0.15) is 0 Å². The van der Waals surface area contributed by atoms with E-state index in [9.17, 15) is 0 Å². The van der Waals surface area contributed by atoms with Crippen LogP contribution in [0, 0.1) is 5.92 Å². The number of nitrogens with one attached hydrogen (secondary N) is 1. The highest BCUT2D eigenvalue weighted by molar-refractivity contribution is 8.00. The molecule has 1 fully saturated rings. The molecule has 0 aromatic carbocycles. The van der Waals surface area contributed by atoms with Crippen molar-refractivity contribution in [2.75, 3.05) is 30.3 Å². The highest BCUT2D eigenvalue weighted by atomic mass is 32.2. The number of hydrogen-bond acceptors (Lipinski definition) is 5. The van der Waals surface area contributed by atoms with Crippen molar-refractivity contribution in [2.45, 2.75) is 39.0 Å². The summed E-state index contributed by atoms with van der Waals surface area (Å²) in [4.78, 5) is 11.4. The lowest BCUT2D eigenvalue weighted by Gasteiger charge is -2.37. The normalized spacial score (nSPS) is 18.6. The van der Waals surface area contributed by atoms with Gasteiger partial charge in [-0.2, -0.15) is 11.8 Å². The van der Waals surface area contributed by atoms with Gasteiger partial charge in [-0.15, -0.1) is 0 Å². The zero-order valence-electron chi connectivity index (χ0n) is 13.0. The van der Waals surface area contributed by atoms with Crippen molar-refractivity contribution in [3.8, 4) is 0 Å². The van der Waals surface area contributed by atoms with Crippen LogP contribution in [-0.2, 0) is 6.54 Å². The minimum absolute atomic E-state index is 0.291. The van der Waals surface area contributed by atoms with E-state index in [4.69, 9.17) is 0 Å². The topological polar surface area (TPSA) is 41.1 Å². The van der Waals surface area contributed by atoms with Gasteiger partial charge in [-0.05, 0) is 26.3 Å². The lowest BCUT2D eigenvalue weighted by atomic mass is 10.2. The van der Waals surface area contributed by atoms with Gasteiger partial charge in [0.25, 0.3) is 0 Å². The maximum Gasteiger partial charge on any atom is 0.225 e. The van der Waals surface area contributed by atoms with Gasteiger partial charge in [-0.25, -0.2) is 9.97 Å². The molecule has 0 atom stereocenters. The lowest BCUT2D eigenvalue weighted by Crippen LogP contribution is -2.43. The second-order valence-corrected chi connectivity index (χ2v) is 8.25. The predicted molar refractivity (Wildman–Crippen MR) is 87.3 cm³/mol. The first-order chi connectivity index (χ1) is 9.46. The second kappa shape index (κ2) is 6.76. The molecule has 1 N–H and O–H groups in total. The molecule has 1 aliphatic rings. The van der Waals surface area contributed by atoms with Gasteiger partial charge in [-0.1, -0.05) is 13.8 Å². The number of hydrogen-bond donors (Lipinski definition) is 1. The molecule has 0 bridgehead atoms. The van der Waals surface area contributed by atoms with Crippen molar-refractivity contribution in [2.24, 2.45) is 5.92 Å². The highest BCUT2D eigenvalue weighted by Gasteiger charge is 2.28. The Morgan fingerprint density at radius 2 is 2.05 bits per heavy atom. The number of thioether (sulfide) groups is 1. The van der Waals surface area contributed by atoms with E-state index in [-0.39, 0.29) is 0 Å². The Balaban J connectivity index is 1.91. The van der Waals surface area contributed by atoms with Gasteiger partial charge in [0, 0.05) is 48.1 Å². The van der Waals surface area contributed by atoms with Crippen LogP contribution in [0.3, 0.4) is 0 Å². The van der Waals surface area contributed by atoms with Crippen molar-refractivity contribution >= 4 is 17.7 Å². The molecule has 20 heavy (non-hydrogen) atoms. The Morgan fingerprint density at radius 1 is 1.35 bits per heavy atom. The smallest absolute Gasteiger partial charge is 0.225 e. The fourth-order valence-electron chi connectivity index (χ4n) is 2.29. The molecule has 2 rings (SSSR count). The van der Waals surface area contributed by atoms with Crippen LogP contribution in [0.1, 0.15) is 33.3 Å². The summed E-state index contributed by atoms with van der Waals surface area (Å²) in [6.07, 6.45) is 3.90. The Hall–Kier alpha value is -0.810. The van der Waals surface area contributed by atoms with E-state index in [0.29, 0.717) is 10.7 Å². The molecule has 1 aromatic rings. The molecule has 4 nitrogen and oxygen atoms in total. The minimum atomic E-state index is 0.291. The molecule has 0 radical (unpaired) electrons. The van der Waals surface area contributed by atoms with E-state index in [0.717, 1.165) is 43.4 Å². The maximum atomic E-state index is 4.53. The summed E-state index contributed by atoms with van der Waals surface area (Å²) >= 11 is 2.03. The van der Waals surface area contributed by atoms with E-state index in [2.05, 4.69) is 47.9 Å². The fraction of sp³-hybridized carbons (Fsp3) is 0.733. The van der Waals surface area contributed by atoms with Crippen LogP contribution in [0.5, 0.6) is 0 Å². The van der Waals surface area contributed by atoms with Crippen molar-refractivity contribution in [3.05, 3.63) is 18.0 Å². The molecular formula is C15H26N4S. The predicted octanol–water partition coefficient (Wildman–Crippen LogP) is 2.55. The third-order valence-corrected chi connectivity index (χ3v) is 4.58. The van der Waals surface area contributed by atoms with Crippen molar-refractivity contribution in [1.29, 1.82) is 0 Å². The number of aromatic nitrogens is 2. The molecule has 5 heteroatoms. The summed E-state index contributed by atoms with van der Waals surface area (Å²) in [6.45, 7) is 12.9. The van der Waals surface area contributed by atoms with Crippen LogP contribution in [0.25, 0.3) is 0 Å². The zero-order chi connectivity index (χ0) is 14.6. The molecule has 1 aromatic heterocycles. The molecule has 0 aliphatic carbocycles. The van der Waals surface area contributed by atoms with Crippen molar-refractivity contribution in [1.82, 2.24) is 15.3 Å². The van der Waals surface area contributed by atoms with E-state index in [1.54, 1.807) is 0 Å². The van der Waals surface area contributed by atoms with Gasteiger partial charge in [0.2, 0.25) is 5.95 Å². The van der Waals surface area contributed by atoms with Gasteiger partial charge < -0.3 is 10.2 Å². The Kier molecular flexibility index (Phi) is 5.27. The summed E-state index contributed by atoms with van der Waals surface area (Å²) in [5.41, 5.74) is 1.15. The SMILES string of the molecule is CC(C)CNCc1cnc(N2CCSC(C)(C)C2)nc1. The largest absolute Gasteiger partial charge is 0.339 e. The first-order valence-corrected chi connectivity index (χ1v) is 8.35.